The molecule has 1 heterocycles. The Kier molecular flexibility index (Phi) is 6.39. The van der Waals surface area contributed by atoms with E-state index in [1.807, 2.05) is 13.0 Å². The molecule has 1 unspecified atom stereocenters. The Labute approximate surface area is 114 Å². The second-order valence-corrected chi connectivity index (χ2v) is 7.03. The quantitative estimate of drug-likeness (QED) is 0.504. The largest absolute Gasteiger partial charge is 0.375 e. The summed E-state index contributed by atoms with van der Waals surface area (Å²) >= 11 is 8.62. The molecule has 0 aliphatic heterocycles. The lowest BCUT2D eigenvalue weighted by molar-refractivity contribution is 0.0167. The molecule has 1 aromatic heterocycles. The molecule has 0 amide bonds. The van der Waals surface area contributed by atoms with Crippen LogP contribution in [0.15, 0.2) is 9.85 Å². The van der Waals surface area contributed by atoms with E-state index in [-0.39, 0.29) is 4.83 Å². The molecule has 1 atom stereocenters. The fraction of sp³-hybridized carbons (Fsp3) is 0.600. The van der Waals surface area contributed by atoms with Gasteiger partial charge in [0.25, 0.3) is 6.43 Å². The van der Waals surface area contributed by atoms with Crippen LogP contribution in [0, 0.1) is 6.92 Å². The number of halogens is 4. The number of alkyl halides is 3. The molecule has 0 aliphatic carbocycles. The van der Waals surface area contributed by atoms with Crippen LogP contribution in [0.1, 0.15) is 21.7 Å². The minimum Gasteiger partial charge on any atom is -0.375 e. The van der Waals surface area contributed by atoms with Crippen LogP contribution in [0.4, 0.5) is 8.78 Å². The number of aryl methyl sites for hydroxylation is 1. The molecule has 0 radical (unpaired) electrons. The van der Waals surface area contributed by atoms with Crippen LogP contribution in [-0.2, 0) is 4.74 Å². The summed E-state index contributed by atoms with van der Waals surface area (Å²) in [4.78, 5) is 1.38. The molecule has 1 rings (SSSR count). The molecule has 0 saturated heterocycles. The standard InChI is InChI=1S/C10H12Br2F2OS/c1-6-7(4-9(12)16-6)8(11)2-3-15-5-10(13)14/h4,8,10H,2-3,5H2,1H3. The van der Waals surface area contributed by atoms with Gasteiger partial charge in [-0.1, -0.05) is 15.9 Å². The summed E-state index contributed by atoms with van der Waals surface area (Å²) in [6.07, 6.45) is -1.69. The van der Waals surface area contributed by atoms with Crippen molar-refractivity contribution in [1.29, 1.82) is 0 Å². The Balaban J connectivity index is 2.35. The van der Waals surface area contributed by atoms with Gasteiger partial charge in [0.15, 0.2) is 0 Å². The fourth-order valence-electron chi connectivity index (χ4n) is 1.28. The van der Waals surface area contributed by atoms with E-state index in [4.69, 9.17) is 4.74 Å². The highest BCUT2D eigenvalue weighted by atomic mass is 79.9. The van der Waals surface area contributed by atoms with Gasteiger partial charge in [-0.3, -0.25) is 0 Å². The van der Waals surface area contributed by atoms with Crippen LogP contribution in [-0.4, -0.2) is 19.6 Å². The minimum atomic E-state index is -2.38. The first-order valence-electron chi connectivity index (χ1n) is 4.76. The molecule has 0 fully saturated rings. The Hall–Kier alpha value is 0.480. The third-order valence-electron chi connectivity index (χ3n) is 2.02. The molecule has 16 heavy (non-hydrogen) atoms. The monoisotopic (exact) mass is 376 g/mol. The summed E-state index contributed by atoms with van der Waals surface area (Å²) in [5.41, 5.74) is 1.19. The number of ether oxygens (including phenoxy) is 1. The Morgan fingerprint density at radius 2 is 2.19 bits per heavy atom. The van der Waals surface area contributed by atoms with Gasteiger partial charge in [-0.25, -0.2) is 8.78 Å². The number of hydrogen-bond acceptors (Lipinski definition) is 2. The van der Waals surface area contributed by atoms with E-state index in [0.29, 0.717) is 13.0 Å². The van der Waals surface area contributed by atoms with Crippen molar-refractivity contribution >= 4 is 43.2 Å². The third-order valence-corrected chi connectivity index (χ3v) is 4.54. The fourth-order valence-corrected chi connectivity index (χ4v) is 3.87. The third kappa shape index (κ3) is 4.77. The van der Waals surface area contributed by atoms with Crippen molar-refractivity contribution in [2.75, 3.05) is 13.2 Å². The van der Waals surface area contributed by atoms with E-state index in [1.54, 1.807) is 11.3 Å². The zero-order valence-electron chi connectivity index (χ0n) is 8.68. The number of hydrogen-bond donors (Lipinski definition) is 0. The summed E-state index contributed by atoms with van der Waals surface area (Å²) in [7, 11) is 0. The average Bonchev–Trinajstić information content (AvgIpc) is 2.52. The van der Waals surface area contributed by atoms with Crippen LogP contribution >= 0.6 is 43.2 Å². The van der Waals surface area contributed by atoms with Crippen molar-refractivity contribution in [2.45, 2.75) is 24.6 Å². The summed E-state index contributed by atoms with van der Waals surface area (Å²) < 4.78 is 29.5. The van der Waals surface area contributed by atoms with Crippen molar-refractivity contribution in [3.05, 3.63) is 20.3 Å². The Morgan fingerprint density at radius 3 is 2.69 bits per heavy atom. The van der Waals surface area contributed by atoms with Crippen molar-refractivity contribution in [2.24, 2.45) is 0 Å². The van der Waals surface area contributed by atoms with Gasteiger partial charge in [0, 0.05) is 16.3 Å². The van der Waals surface area contributed by atoms with Gasteiger partial charge in [0.05, 0.1) is 3.79 Å². The summed E-state index contributed by atoms with van der Waals surface area (Å²) in [5.74, 6) is 0. The topological polar surface area (TPSA) is 9.23 Å². The van der Waals surface area contributed by atoms with E-state index in [2.05, 4.69) is 31.9 Å². The molecule has 0 N–H and O–H groups in total. The molecule has 0 spiro atoms. The predicted molar refractivity (Wildman–Crippen MR) is 69.9 cm³/mol. The molecule has 0 bridgehead atoms. The summed E-state index contributed by atoms with van der Waals surface area (Å²) in [6, 6.07) is 2.05. The van der Waals surface area contributed by atoms with Crippen molar-refractivity contribution in [3.63, 3.8) is 0 Å². The predicted octanol–water partition coefficient (Wildman–Crippen LogP) is 4.93. The van der Waals surface area contributed by atoms with E-state index >= 15 is 0 Å². The van der Waals surface area contributed by atoms with Gasteiger partial charge in [0.1, 0.15) is 6.61 Å². The van der Waals surface area contributed by atoms with E-state index in [9.17, 15) is 8.78 Å². The van der Waals surface area contributed by atoms with Crippen molar-refractivity contribution < 1.29 is 13.5 Å². The van der Waals surface area contributed by atoms with Gasteiger partial charge in [0.2, 0.25) is 0 Å². The number of rotatable bonds is 6. The zero-order chi connectivity index (χ0) is 12.1. The van der Waals surface area contributed by atoms with Crippen molar-refractivity contribution in [1.82, 2.24) is 0 Å². The lowest BCUT2D eigenvalue weighted by Crippen LogP contribution is -2.06. The van der Waals surface area contributed by atoms with Crippen molar-refractivity contribution in [3.8, 4) is 0 Å². The van der Waals surface area contributed by atoms with E-state index < -0.39 is 13.0 Å². The van der Waals surface area contributed by atoms with Gasteiger partial charge >= 0.3 is 0 Å². The molecule has 0 saturated carbocycles. The first-order chi connectivity index (χ1) is 7.50. The Morgan fingerprint density at radius 1 is 1.50 bits per heavy atom. The highest BCUT2D eigenvalue weighted by molar-refractivity contribution is 9.11. The molecule has 0 aromatic carbocycles. The van der Waals surface area contributed by atoms with Gasteiger partial charge in [-0.05, 0) is 40.9 Å². The lowest BCUT2D eigenvalue weighted by atomic mass is 10.1. The maximum atomic E-state index is 11.8. The highest BCUT2D eigenvalue weighted by Gasteiger charge is 2.13. The maximum Gasteiger partial charge on any atom is 0.261 e. The second kappa shape index (κ2) is 7.03. The van der Waals surface area contributed by atoms with Crippen LogP contribution < -0.4 is 0 Å². The Bertz CT molecular complexity index is 331. The van der Waals surface area contributed by atoms with Crippen LogP contribution in [0.3, 0.4) is 0 Å². The summed E-state index contributed by atoms with van der Waals surface area (Å²) in [6.45, 7) is 1.90. The lowest BCUT2D eigenvalue weighted by Gasteiger charge is -2.09. The molecular formula is C10H12Br2F2OS. The van der Waals surface area contributed by atoms with Gasteiger partial charge in [-0.2, -0.15) is 0 Å². The maximum absolute atomic E-state index is 11.8. The minimum absolute atomic E-state index is 0.160. The molecule has 1 nitrogen and oxygen atoms in total. The molecular weight excluding hydrogens is 366 g/mol. The first-order valence-corrected chi connectivity index (χ1v) is 7.29. The molecule has 6 heteroatoms. The molecule has 0 aliphatic rings. The van der Waals surface area contributed by atoms with E-state index in [1.165, 1.54) is 10.4 Å². The normalized spacial score (nSPS) is 13.4. The molecule has 92 valence electrons. The van der Waals surface area contributed by atoms with Gasteiger partial charge in [-0.15, -0.1) is 11.3 Å². The zero-order valence-corrected chi connectivity index (χ0v) is 12.7. The molecule has 1 aromatic rings. The second-order valence-electron chi connectivity index (χ2n) is 3.28. The van der Waals surface area contributed by atoms with Gasteiger partial charge < -0.3 is 4.74 Å². The van der Waals surface area contributed by atoms with Crippen LogP contribution in [0.5, 0.6) is 0 Å². The highest BCUT2D eigenvalue weighted by Crippen LogP contribution is 2.36. The smallest absolute Gasteiger partial charge is 0.261 e. The first kappa shape index (κ1) is 14.5. The summed E-state index contributed by atoms with van der Waals surface area (Å²) in [5, 5.41) is 0. The van der Waals surface area contributed by atoms with E-state index in [0.717, 1.165) is 3.79 Å². The van der Waals surface area contributed by atoms with Crippen LogP contribution in [0.2, 0.25) is 0 Å². The SMILES string of the molecule is Cc1sc(Br)cc1C(Br)CCOCC(F)F. The van der Waals surface area contributed by atoms with Crippen LogP contribution in [0.25, 0.3) is 0 Å². The average molecular weight is 378 g/mol. The number of thiophene rings is 1.